The molecule has 1 aliphatic carbocycles. The molecule has 27 heavy (non-hydrogen) atoms. The smallest absolute Gasteiger partial charge is 0.234 e. The molecule has 4 rings (SSSR count). The number of para-hydroxylation sites is 1. The van der Waals surface area contributed by atoms with E-state index >= 15 is 0 Å². The number of hydrogen-bond acceptors (Lipinski definition) is 5. The van der Waals surface area contributed by atoms with Gasteiger partial charge < -0.3 is 5.32 Å². The average Bonchev–Trinajstić information content (AvgIpc) is 3.07. The number of carbonyl (C=O) groups is 1. The van der Waals surface area contributed by atoms with Crippen LogP contribution in [0.3, 0.4) is 0 Å². The maximum absolute atomic E-state index is 12.4. The predicted octanol–water partition coefficient (Wildman–Crippen LogP) is 3.11. The van der Waals surface area contributed by atoms with E-state index < -0.39 is 0 Å². The molecule has 6 heteroatoms. The maximum atomic E-state index is 12.4. The molecule has 1 amide bonds. The molecule has 2 atom stereocenters. The first-order valence-electron chi connectivity index (χ1n) is 10.3. The van der Waals surface area contributed by atoms with Crippen molar-refractivity contribution in [3.8, 4) is 0 Å². The number of piperazine rings is 1. The molecule has 1 N–H and O–H groups in total. The maximum Gasteiger partial charge on any atom is 0.234 e. The van der Waals surface area contributed by atoms with Crippen LogP contribution in [0.2, 0.25) is 0 Å². The summed E-state index contributed by atoms with van der Waals surface area (Å²) in [6.45, 7) is 7.64. The van der Waals surface area contributed by atoms with Gasteiger partial charge in [-0.15, -0.1) is 11.3 Å². The summed E-state index contributed by atoms with van der Waals surface area (Å²) in [4.78, 5) is 21.9. The van der Waals surface area contributed by atoms with Crippen molar-refractivity contribution in [1.82, 2.24) is 20.1 Å². The summed E-state index contributed by atoms with van der Waals surface area (Å²) in [6, 6.07) is 8.72. The lowest BCUT2D eigenvalue weighted by molar-refractivity contribution is -0.124. The van der Waals surface area contributed by atoms with E-state index in [1.54, 1.807) is 11.3 Å². The molecule has 2 heterocycles. The quantitative estimate of drug-likeness (QED) is 0.858. The number of rotatable bonds is 5. The second-order valence-electron chi connectivity index (χ2n) is 8.06. The fourth-order valence-corrected chi connectivity index (χ4v) is 5.28. The third-order valence-corrected chi connectivity index (χ3v) is 7.01. The summed E-state index contributed by atoms with van der Waals surface area (Å²) in [7, 11) is 0. The summed E-state index contributed by atoms with van der Waals surface area (Å²) < 4.78 is 1.26. The third kappa shape index (κ3) is 4.86. The van der Waals surface area contributed by atoms with Crippen molar-refractivity contribution >= 4 is 27.5 Å². The first-order chi connectivity index (χ1) is 13.2. The Morgan fingerprint density at radius 1 is 1.15 bits per heavy atom. The van der Waals surface area contributed by atoms with Crippen LogP contribution in [0.5, 0.6) is 0 Å². The predicted molar refractivity (Wildman–Crippen MR) is 111 cm³/mol. The molecule has 1 aromatic heterocycles. The van der Waals surface area contributed by atoms with Gasteiger partial charge >= 0.3 is 0 Å². The first-order valence-corrected chi connectivity index (χ1v) is 11.1. The number of aromatic nitrogens is 1. The number of carbonyl (C=O) groups excluding carboxylic acids is 1. The molecule has 0 bridgehead atoms. The van der Waals surface area contributed by atoms with Crippen molar-refractivity contribution < 1.29 is 4.79 Å². The van der Waals surface area contributed by atoms with Crippen molar-refractivity contribution in [3.63, 3.8) is 0 Å². The molecule has 2 fully saturated rings. The Morgan fingerprint density at radius 2 is 1.89 bits per heavy atom. The zero-order chi connectivity index (χ0) is 18.6. The van der Waals surface area contributed by atoms with E-state index in [9.17, 15) is 4.79 Å². The van der Waals surface area contributed by atoms with Gasteiger partial charge in [-0.1, -0.05) is 31.9 Å². The van der Waals surface area contributed by atoms with E-state index in [0.29, 0.717) is 18.5 Å². The number of nitrogens with zero attached hydrogens (tertiary/aromatic N) is 3. The summed E-state index contributed by atoms with van der Waals surface area (Å²) in [5.74, 6) is 0.821. The number of hydrogen-bond donors (Lipinski definition) is 1. The van der Waals surface area contributed by atoms with E-state index in [1.807, 2.05) is 6.07 Å². The second kappa shape index (κ2) is 8.67. The van der Waals surface area contributed by atoms with Gasteiger partial charge in [0.15, 0.2) is 0 Å². The molecule has 146 valence electrons. The Bertz CT molecular complexity index is 735. The van der Waals surface area contributed by atoms with Gasteiger partial charge in [-0.25, -0.2) is 4.98 Å². The Balaban J connectivity index is 1.22. The monoisotopic (exact) mass is 386 g/mol. The van der Waals surface area contributed by atoms with Crippen molar-refractivity contribution in [3.05, 3.63) is 29.3 Å². The molecule has 0 radical (unpaired) electrons. The largest absolute Gasteiger partial charge is 0.352 e. The Kier molecular flexibility index (Phi) is 6.05. The summed E-state index contributed by atoms with van der Waals surface area (Å²) in [5.41, 5.74) is 1.10. The summed E-state index contributed by atoms with van der Waals surface area (Å²) in [5, 5.41) is 4.47. The Labute approximate surface area is 165 Å². The molecule has 2 aromatic rings. The Morgan fingerprint density at radius 3 is 2.67 bits per heavy atom. The lowest BCUT2D eigenvalue weighted by Crippen LogP contribution is -2.51. The van der Waals surface area contributed by atoms with E-state index in [4.69, 9.17) is 4.98 Å². The SMILES string of the molecule is C[C@@H]1CCCC[C@H]1NC(=O)CN1CCN(Cc2nc3ccccc3s2)CC1. The molecule has 2 aliphatic rings. The second-order valence-corrected chi connectivity index (χ2v) is 9.18. The topological polar surface area (TPSA) is 48.5 Å². The van der Waals surface area contributed by atoms with Crippen LogP contribution < -0.4 is 5.32 Å². The first kappa shape index (κ1) is 18.8. The number of benzene rings is 1. The van der Waals surface area contributed by atoms with Crippen LogP contribution in [0.25, 0.3) is 10.2 Å². The van der Waals surface area contributed by atoms with Gasteiger partial charge in [-0.05, 0) is 30.9 Å². The van der Waals surface area contributed by atoms with Gasteiger partial charge in [-0.3, -0.25) is 14.6 Å². The minimum absolute atomic E-state index is 0.202. The zero-order valence-electron chi connectivity index (χ0n) is 16.2. The van der Waals surface area contributed by atoms with Crippen LogP contribution in [-0.4, -0.2) is 59.5 Å². The number of thiazole rings is 1. The normalized spacial score (nSPS) is 24.9. The van der Waals surface area contributed by atoms with E-state index in [1.165, 1.54) is 29.0 Å². The summed E-state index contributed by atoms with van der Waals surface area (Å²) in [6.07, 6.45) is 4.95. The molecule has 1 saturated carbocycles. The Hall–Kier alpha value is -1.50. The molecule has 1 aromatic carbocycles. The van der Waals surface area contributed by atoms with Crippen LogP contribution in [0.1, 0.15) is 37.6 Å². The molecular formula is C21H30N4OS. The number of amides is 1. The van der Waals surface area contributed by atoms with Crippen molar-refractivity contribution in [2.24, 2.45) is 5.92 Å². The van der Waals surface area contributed by atoms with E-state index in [0.717, 1.165) is 44.7 Å². The lowest BCUT2D eigenvalue weighted by atomic mass is 9.86. The minimum atomic E-state index is 0.202. The van der Waals surface area contributed by atoms with Crippen molar-refractivity contribution in [1.29, 1.82) is 0 Å². The highest BCUT2D eigenvalue weighted by atomic mass is 32.1. The van der Waals surface area contributed by atoms with E-state index in [2.05, 4.69) is 40.2 Å². The third-order valence-electron chi connectivity index (χ3n) is 5.99. The highest BCUT2D eigenvalue weighted by Crippen LogP contribution is 2.24. The number of nitrogens with one attached hydrogen (secondary N) is 1. The molecule has 0 unspecified atom stereocenters. The highest BCUT2D eigenvalue weighted by molar-refractivity contribution is 7.18. The molecule has 5 nitrogen and oxygen atoms in total. The minimum Gasteiger partial charge on any atom is -0.352 e. The van der Waals surface area contributed by atoms with Gasteiger partial charge in [0.2, 0.25) is 5.91 Å². The van der Waals surface area contributed by atoms with Gasteiger partial charge in [0, 0.05) is 32.2 Å². The van der Waals surface area contributed by atoms with Gasteiger partial charge in [-0.2, -0.15) is 0 Å². The fraction of sp³-hybridized carbons (Fsp3) is 0.619. The van der Waals surface area contributed by atoms with Crippen LogP contribution in [0.4, 0.5) is 0 Å². The molecule has 0 spiro atoms. The van der Waals surface area contributed by atoms with Crippen LogP contribution in [0, 0.1) is 5.92 Å². The van der Waals surface area contributed by atoms with Crippen LogP contribution in [-0.2, 0) is 11.3 Å². The fourth-order valence-electron chi connectivity index (χ4n) is 4.27. The lowest BCUT2D eigenvalue weighted by Gasteiger charge is -2.35. The van der Waals surface area contributed by atoms with Gasteiger partial charge in [0.25, 0.3) is 0 Å². The summed E-state index contributed by atoms with van der Waals surface area (Å²) >= 11 is 1.79. The van der Waals surface area contributed by atoms with E-state index in [-0.39, 0.29) is 5.91 Å². The van der Waals surface area contributed by atoms with Crippen molar-refractivity contribution in [2.45, 2.75) is 45.2 Å². The standard InChI is InChI=1S/C21H30N4OS/c1-16-6-2-3-7-17(16)22-20(26)14-24-10-12-25(13-11-24)15-21-23-18-8-4-5-9-19(18)27-21/h4-5,8-9,16-17H,2-3,6-7,10-15H2,1H3,(H,22,26)/t16-,17-/m1/s1. The number of fused-ring (bicyclic) bond motifs is 1. The zero-order valence-corrected chi connectivity index (χ0v) is 17.0. The van der Waals surface area contributed by atoms with Crippen LogP contribution >= 0.6 is 11.3 Å². The molecule has 1 saturated heterocycles. The van der Waals surface area contributed by atoms with Crippen molar-refractivity contribution in [2.75, 3.05) is 32.7 Å². The van der Waals surface area contributed by atoms with Crippen LogP contribution in [0.15, 0.2) is 24.3 Å². The molecule has 1 aliphatic heterocycles. The average molecular weight is 387 g/mol. The highest BCUT2D eigenvalue weighted by Gasteiger charge is 2.25. The van der Waals surface area contributed by atoms with Gasteiger partial charge in [0.05, 0.1) is 23.3 Å². The van der Waals surface area contributed by atoms with Gasteiger partial charge in [0.1, 0.15) is 5.01 Å². The molecular weight excluding hydrogens is 356 g/mol.